The molecule has 0 spiro atoms. The van der Waals surface area contributed by atoms with Crippen LogP contribution in [0.2, 0.25) is 10.0 Å². The molecule has 0 fully saturated rings. The van der Waals surface area contributed by atoms with Crippen molar-refractivity contribution < 1.29 is 13.0 Å². The van der Waals surface area contributed by atoms with Gasteiger partial charge in [0.15, 0.2) is 0 Å². The molecular weight excluding hydrogens is 293 g/mol. The number of benzene rings is 1. The molecule has 0 aliphatic rings. The van der Waals surface area contributed by atoms with Gasteiger partial charge in [0, 0.05) is 24.8 Å². The fourth-order valence-corrected chi connectivity index (χ4v) is 1.93. The summed E-state index contributed by atoms with van der Waals surface area (Å²) in [5.74, 6) is 0. The second-order valence-corrected chi connectivity index (χ2v) is 4.28. The van der Waals surface area contributed by atoms with Gasteiger partial charge in [0.05, 0.1) is 5.02 Å². The van der Waals surface area contributed by atoms with Crippen LogP contribution in [0, 0.1) is 0 Å². The second-order valence-electron chi connectivity index (χ2n) is 2.05. The number of hydrogen-bond donors (Lipinski definition) is 1. The van der Waals surface area contributed by atoms with E-state index in [1.165, 1.54) is 12.1 Å². The van der Waals surface area contributed by atoms with Crippen LogP contribution < -0.4 is 0 Å². The molecule has 0 aliphatic heterocycles. The first-order valence-corrected chi connectivity index (χ1v) is 5.03. The van der Waals surface area contributed by atoms with Crippen LogP contribution in [-0.2, 0) is 10.1 Å². The van der Waals surface area contributed by atoms with Gasteiger partial charge in [-0.05, 0) is 18.2 Å². The molecule has 0 aliphatic carbocycles. The topological polar surface area (TPSA) is 54.4 Å². The van der Waals surface area contributed by atoms with Crippen molar-refractivity contribution in [2.75, 3.05) is 0 Å². The van der Waals surface area contributed by atoms with Gasteiger partial charge in [-0.2, -0.15) is 8.42 Å². The van der Waals surface area contributed by atoms with Crippen LogP contribution >= 0.6 is 23.2 Å². The van der Waals surface area contributed by atoms with E-state index in [2.05, 4.69) is 0 Å². The Balaban J connectivity index is 0.00000144. The largest absolute Gasteiger partial charge is 0.296 e. The van der Waals surface area contributed by atoms with Gasteiger partial charge >= 0.3 is 0 Å². The molecule has 1 N–H and O–H groups in total. The van der Waals surface area contributed by atoms with Crippen molar-refractivity contribution in [2.24, 2.45) is 0 Å². The molecule has 1 rings (SSSR count). The second kappa shape index (κ2) is 4.72. The summed E-state index contributed by atoms with van der Waals surface area (Å²) in [5, 5.41) is 0.220. The monoisotopic (exact) mass is 295 g/mol. The summed E-state index contributed by atoms with van der Waals surface area (Å²) in [7, 11) is -4.24. The molecule has 7 heteroatoms. The van der Waals surface area contributed by atoms with E-state index < -0.39 is 10.1 Å². The maximum Gasteiger partial charge on any atom is 0.296 e. The molecule has 0 aromatic heterocycles. The first-order chi connectivity index (χ1) is 5.41. The average molecular weight is 297 g/mol. The van der Waals surface area contributed by atoms with Crippen molar-refractivity contribution in [3.05, 3.63) is 28.2 Å². The Morgan fingerprint density at radius 3 is 2.15 bits per heavy atom. The van der Waals surface area contributed by atoms with Crippen LogP contribution in [0.1, 0.15) is 0 Å². The predicted molar refractivity (Wildman–Crippen MR) is 52.0 cm³/mol. The summed E-state index contributed by atoms with van der Waals surface area (Å²) in [6.07, 6.45) is 0. The summed E-state index contributed by atoms with van der Waals surface area (Å²) >= 11 is 11.0. The quantitative estimate of drug-likeness (QED) is 0.636. The molecule has 0 saturated heterocycles. The number of halogens is 2. The summed E-state index contributed by atoms with van der Waals surface area (Å²) < 4.78 is 29.8. The maximum atomic E-state index is 10.6. The van der Waals surface area contributed by atoms with Crippen molar-refractivity contribution in [1.29, 1.82) is 0 Å². The van der Waals surface area contributed by atoms with Crippen LogP contribution in [0.4, 0.5) is 0 Å². The Hall–Kier alpha value is 0.346. The average Bonchev–Trinajstić information content (AvgIpc) is 1.83. The zero-order valence-electron chi connectivity index (χ0n) is 6.24. The molecule has 69 valence electrons. The number of rotatable bonds is 1. The van der Waals surface area contributed by atoms with Crippen molar-refractivity contribution in [3.63, 3.8) is 0 Å². The summed E-state index contributed by atoms with van der Waals surface area (Å²) in [5.41, 5.74) is 0. The van der Waals surface area contributed by atoms with Gasteiger partial charge in [-0.15, -0.1) is 0 Å². The Morgan fingerprint density at radius 2 is 1.77 bits per heavy atom. The van der Waals surface area contributed by atoms with Crippen molar-refractivity contribution in [3.8, 4) is 0 Å². The molecule has 0 unspecified atom stereocenters. The maximum absolute atomic E-state index is 10.6. The van der Waals surface area contributed by atoms with Crippen LogP contribution in [0.15, 0.2) is 23.1 Å². The number of hydrogen-bond acceptors (Lipinski definition) is 2. The fourth-order valence-electron chi connectivity index (χ4n) is 0.684. The molecule has 13 heavy (non-hydrogen) atoms. The third-order valence-corrected chi connectivity index (χ3v) is 2.74. The fraction of sp³-hybridized carbons (Fsp3) is 0. The van der Waals surface area contributed by atoms with Gasteiger partial charge in [-0.25, -0.2) is 0 Å². The SMILES string of the molecule is O=S(=O)(O)c1ccc(Cl)cc1Cl.[Ga]. The third-order valence-electron chi connectivity index (χ3n) is 1.17. The van der Waals surface area contributed by atoms with Crippen LogP contribution in [-0.4, -0.2) is 32.8 Å². The molecule has 0 saturated carbocycles. The molecule has 0 heterocycles. The normalized spacial score (nSPS) is 10.7. The third kappa shape index (κ3) is 3.53. The van der Waals surface area contributed by atoms with E-state index in [4.69, 9.17) is 27.8 Å². The smallest absolute Gasteiger partial charge is 0.282 e. The van der Waals surface area contributed by atoms with Gasteiger partial charge in [-0.3, -0.25) is 4.55 Å². The van der Waals surface area contributed by atoms with Crippen molar-refractivity contribution in [1.82, 2.24) is 0 Å². The van der Waals surface area contributed by atoms with Gasteiger partial charge < -0.3 is 0 Å². The Kier molecular flexibility index (Phi) is 4.85. The van der Waals surface area contributed by atoms with Gasteiger partial charge in [-0.1, -0.05) is 23.2 Å². The Bertz CT molecular complexity index is 404. The molecule has 3 radical (unpaired) electrons. The zero-order chi connectivity index (χ0) is 9.35. The summed E-state index contributed by atoms with van der Waals surface area (Å²) in [6, 6.07) is 3.71. The van der Waals surface area contributed by atoms with Crippen molar-refractivity contribution in [2.45, 2.75) is 4.90 Å². The first kappa shape index (κ1) is 13.3. The Labute approximate surface area is 98.8 Å². The standard InChI is InChI=1S/C6H4Cl2O3S.Ga/c7-4-1-2-6(5(8)3-4)12(9,10)11;/h1-3H,(H,9,10,11);. The van der Waals surface area contributed by atoms with Gasteiger partial charge in [0.2, 0.25) is 0 Å². The van der Waals surface area contributed by atoms with E-state index in [1.807, 2.05) is 0 Å². The van der Waals surface area contributed by atoms with Crippen LogP contribution in [0.3, 0.4) is 0 Å². The molecular formula is C6H4Cl2GaO3S. The molecule has 1 aromatic carbocycles. The molecule has 3 nitrogen and oxygen atoms in total. The summed E-state index contributed by atoms with van der Waals surface area (Å²) in [4.78, 5) is -0.339. The molecule has 0 amide bonds. The van der Waals surface area contributed by atoms with E-state index in [9.17, 15) is 8.42 Å². The predicted octanol–water partition coefficient (Wildman–Crippen LogP) is 1.86. The van der Waals surface area contributed by atoms with E-state index in [-0.39, 0.29) is 29.7 Å². The molecule has 1 aromatic rings. The minimum absolute atomic E-state index is 0. The van der Waals surface area contributed by atoms with Crippen LogP contribution in [0.25, 0.3) is 0 Å². The molecule has 0 bridgehead atoms. The van der Waals surface area contributed by atoms with Crippen LogP contribution in [0.5, 0.6) is 0 Å². The summed E-state index contributed by atoms with van der Waals surface area (Å²) in [6.45, 7) is 0. The van der Waals surface area contributed by atoms with Gasteiger partial charge in [0.1, 0.15) is 4.90 Å². The van der Waals surface area contributed by atoms with E-state index in [0.717, 1.165) is 6.07 Å². The van der Waals surface area contributed by atoms with Gasteiger partial charge in [0.25, 0.3) is 10.1 Å². The molecule has 0 atom stereocenters. The van der Waals surface area contributed by atoms with E-state index in [0.29, 0.717) is 5.02 Å². The minimum atomic E-state index is -4.24. The Morgan fingerprint density at radius 1 is 1.23 bits per heavy atom. The first-order valence-electron chi connectivity index (χ1n) is 2.84. The zero-order valence-corrected chi connectivity index (χ0v) is 11.0. The van der Waals surface area contributed by atoms with E-state index in [1.54, 1.807) is 0 Å². The van der Waals surface area contributed by atoms with Crippen molar-refractivity contribution >= 4 is 53.1 Å². The van der Waals surface area contributed by atoms with E-state index >= 15 is 0 Å². The minimum Gasteiger partial charge on any atom is -0.282 e.